The molecule has 0 unspecified atom stereocenters. The minimum atomic E-state index is -0.798. The summed E-state index contributed by atoms with van der Waals surface area (Å²) >= 11 is 0. The number of benzene rings is 2. The molecule has 2 N–H and O–H groups in total. The van der Waals surface area contributed by atoms with Crippen molar-refractivity contribution in [2.24, 2.45) is 0 Å². The molecule has 0 saturated heterocycles. The second-order valence-electron chi connectivity index (χ2n) is 5.93. The molecule has 0 bridgehead atoms. The van der Waals surface area contributed by atoms with Crippen molar-refractivity contribution in [2.45, 2.75) is 13.2 Å². The second-order valence-corrected chi connectivity index (χ2v) is 5.93. The smallest absolute Gasteiger partial charge is 0.241 e. The van der Waals surface area contributed by atoms with Crippen molar-refractivity contribution in [3.63, 3.8) is 0 Å². The van der Waals surface area contributed by atoms with Crippen molar-refractivity contribution in [1.82, 2.24) is 20.3 Å². The predicted molar refractivity (Wildman–Crippen MR) is 96.2 cm³/mol. The number of nitrogens with zero attached hydrogens (tertiary/aromatic N) is 3. The minimum Gasteiger partial charge on any atom is -0.489 e. The summed E-state index contributed by atoms with van der Waals surface area (Å²) in [6.45, 7) is 0.116. The van der Waals surface area contributed by atoms with E-state index in [4.69, 9.17) is 9.84 Å². The highest BCUT2D eigenvalue weighted by atomic mass is 19.1. The van der Waals surface area contributed by atoms with Crippen LogP contribution in [0.2, 0.25) is 0 Å². The number of nitrogens with one attached hydrogen (secondary N) is 1. The molecule has 1 amide bonds. The maximum absolute atomic E-state index is 13.4. The van der Waals surface area contributed by atoms with Crippen LogP contribution in [0.3, 0.4) is 0 Å². The molecule has 0 spiro atoms. The van der Waals surface area contributed by atoms with Gasteiger partial charge in [0.15, 0.2) is 11.6 Å². The molecule has 1 aromatic heterocycles. The van der Waals surface area contributed by atoms with Gasteiger partial charge >= 0.3 is 0 Å². The fourth-order valence-electron chi connectivity index (χ4n) is 2.44. The van der Waals surface area contributed by atoms with Crippen molar-refractivity contribution in [1.29, 1.82) is 0 Å². The van der Waals surface area contributed by atoms with Crippen LogP contribution in [0.4, 0.5) is 8.78 Å². The first-order valence-electron chi connectivity index (χ1n) is 8.50. The minimum absolute atomic E-state index is 0.0351. The molecule has 0 aliphatic rings. The van der Waals surface area contributed by atoms with Gasteiger partial charge in [-0.1, -0.05) is 29.5 Å². The summed E-state index contributed by atoms with van der Waals surface area (Å²) in [6.07, 6.45) is 1.64. The zero-order valence-corrected chi connectivity index (χ0v) is 14.8. The lowest BCUT2D eigenvalue weighted by Gasteiger charge is -2.08. The van der Waals surface area contributed by atoms with Gasteiger partial charge in [0.1, 0.15) is 24.7 Å². The van der Waals surface area contributed by atoms with Gasteiger partial charge in [0, 0.05) is 11.6 Å². The van der Waals surface area contributed by atoms with Gasteiger partial charge in [0.25, 0.3) is 0 Å². The van der Waals surface area contributed by atoms with Crippen molar-refractivity contribution >= 4 is 5.91 Å². The van der Waals surface area contributed by atoms with E-state index in [1.807, 2.05) is 12.1 Å². The van der Waals surface area contributed by atoms with Gasteiger partial charge in [-0.05, 0) is 17.7 Å². The van der Waals surface area contributed by atoms with Crippen LogP contribution in [0, 0.1) is 11.6 Å². The Morgan fingerprint density at radius 1 is 1.18 bits per heavy atom. The molecule has 0 aliphatic carbocycles. The van der Waals surface area contributed by atoms with E-state index in [0.29, 0.717) is 5.69 Å². The van der Waals surface area contributed by atoms with Crippen LogP contribution < -0.4 is 10.1 Å². The predicted octanol–water partition coefficient (Wildman–Crippen LogP) is 1.91. The van der Waals surface area contributed by atoms with Crippen LogP contribution in [0.5, 0.6) is 5.75 Å². The number of aliphatic hydroxyl groups is 1. The zero-order chi connectivity index (χ0) is 19.9. The third kappa shape index (κ3) is 5.10. The Bertz CT molecular complexity index is 945. The van der Waals surface area contributed by atoms with Gasteiger partial charge in [0.05, 0.1) is 19.3 Å². The van der Waals surface area contributed by atoms with Crippen LogP contribution in [0.1, 0.15) is 5.56 Å². The molecular formula is C19H18F2N4O3. The van der Waals surface area contributed by atoms with E-state index in [2.05, 4.69) is 15.6 Å². The molecule has 28 heavy (non-hydrogen) atoms. The number of carbonyl (C=O) groups excluding carboxylic acids is 1. The summed E-state index contributed by atoms with van der Waals surface area (Å²) < 4.78 is 32.8. The topological polar surface area (TPSA) is 89.3 Å². The Morgan fingerprint density at radius 3 is 2.68 bits per heavy atom. The first kappa shape index (κ1) is 19.4. The van der Waals surface area contributed by atoms with Gasteiger partial charge in [-0.2, -0.15) is 0 Å². The molecule has 2 aromatic carbocycles. The van der Waals surface area contributed by atoms with Crippen LogP contribution in [-0.4, -0.2) is 39.2 Å². The quantitative estimate of drug-likeness (QED) is 0.576. The summed E-state index contributed by atoms with van der Waals surface area (Å²) in [7, 11) is 0. The average Bonchev–Trinajstić information content (AvgIpc) is 3.15. The van der Waals surface area contributed by atoms with E-state index in [9.17, 15) is 13.6 Å². The average molecular weight is 388 g/mol. The van der Waals surface area contributed by atoms with E-state index < -0.39 is 11.6 Å². The number of halogens is 2. The fourth-order valence-corrected chi connectivity index (χ4v) is 2.44. The summed E-state index contributed by atoms with van der Waals surface area (Å²) in [5.74, 6) is -1.87. The first-order chi connectivity index (χ1) is 13.5. The molecule has 1 heterocycles. The van der Waals surface area contributed by atoms with Gasteiger partial charge in [0.2, 0.25) is 5.91 Å². The third-order valence-corrected chi connectivity index (χ3v) is 3.85. The van der Waals surface area contributed by atoms with E-state index in [1.54, 1.807) is 18.3 Å². The van der Waals surface area contributed by atoms with Crippen LogP contribution >= 0.6 is 0 Å². The van der Waals surface area contributed by atoms with E-state index in [0.717, 1.165) is 23.3 Å². The van der Waals surface area contributed by atoms with Crippen LogP contribution in [-0.2, 0) is 17.9 Å². The van der Waals surface area contributed by atoms with Gasteiger partial charge < -0.3 is 15.2 Å². The second kappa shape index (κ2) is 9.05. The molecule has 146 valence electrons. The highest BCUT2D eigenvalue weighted by molar-refractivity contribution is 5.75. The number of carbonyl (C=O) groups is 1. The Labute approximate surface area is 159 Å². The lowest BCUT2D eigenvalue weighted by Crippen LogP contribution is -2.31. The monoisotopic (exact) mass is 388 g/mol. The van der Waals surface area contributed by atoms with Gasteiger partial charge in [-0.3, -0.25) is 4.79 Å². The lowest BCUT2D eigenvalue weighted by atomic mass is 10.1. The van der Waals surface area contributed by atoms with E-state index >= 15 is 0 Å². The number of rotatable bonds is 8. The highest BCUT2D eigenvalue weighted by Crippen LogP contribution is 2.18. The van der Waals surface area contributed by atoms with Crippen LogP contribution in [0.25, 0.3) is 11.3 Å². The molecule has 3 rings (SSSR count). The molecule has 0 radical (unpaired) electrons. The van der Waals surface area contributed by atoms with Crippen molar-refractivity contribution in [2.75, 3.05) is 13.2 Å². The Hall–Kier alpha value is -3.33. The molecule has 0 saturated carbocycles. The first-order valence-corrected chi connectivity index (χ1v) is 8.50. The highest BCUT2D eigenvalue weighted by Gasteiger charge is 2.08. The molecule has 3 aromatic rings. The molecular weight excluding hydrogens is 370 g/mol. The molecule has 0 aliphatic heterocycles. The van der Waals surface area contributed by atoms with Crippen LogP contribution in [0.15, 0.2) is 48.7 Å². The maximum Gasteiger partial charge on any atom is 0.241 e. The van der Waals surface area contributed by atoms with Gasteiger partial charge in [-0.25, -0.2) is 13.5 Å². The fraction of sp³-hybridized carbons (Fsp3) is 0.211. The summed E-state index contributed by atoms with van der Waals surface area (Å²) in [4.78, 5) is 12.0. The molecule has 7 nitrogen and oxygen atoms in total. The largest absolute Gasteiger partial charge is 0.489 e. The van der Waals surface area contributed by atoms with Crippen molar-refractivity contribution in [3.8, 4) is 17.0 Å². The third-order valence-electron chi connectivity index (χ3n) is 3.85. The number of aromatic nitrogens is 3. The Kier molecular flexibility index (Phi) is 6.28. The Balaban J connectivity index is 1.45. The van der Waals surface area contributed by atoms with E-state index in [1.165, 1.54) is 10.7 Å². The normalized spacial score (nSPS) is 10.7. The summed E-state index contributed by atoms with van der Waals surface area (Å²) in [5, 5.41) is 19.6. The zero-order valence-electron chi connectivity index (χ0n) is 14.8. The number of amides is 1. The molecule has 0 fully saturated rings. The summed E-state index contributed by atoms with van der Waals surface area (Å²) in [6, 6.07) is 10.2. The number of aliphatic hydroxyl groups excluding tert-OH is 1. The van der Waals surface area contributed by atoms with Crippen molar-refractivity contribution in [3.05, 3.63) is 65.9 Å². The van der Waals surface area contributed by atoms with Crippen molar-refractivity contribution < 1.29 is 23.4 Å². The molecule has 0 atom stereocenters. The number of hydrogen-bond donors (Lipinski definition) is 2. The maximum atomic E-state index is 13.4. The van der Waals surface area contributed by atoms with E-state index in [-0.39, 0.29) is 38.0 Å². The Morgan fingerprint density at radius 2 is 1.96 bits per heavy atom. The SMILES string of the molecule is O=C(Cn1cc(-c2ccc(CO)cc2)nn1)NCCOc1ccc(F)cc1F. The molecule has 9 heteroatoms. The standard InChI is InChI=1S/C19H18F2N4O3/c20-15-5-6-18(16(21)9-15)28-8-7-22-19(27)11-25-10-17(23-24-25)14-3-1-13(12-26)2-4-14/h1-6,9-10,26H,7-8,11-12H2,(H,22,27). The lowest BCUT2D eigenvalue weighted by molar-refractivity contribution is -0.121. The number of ether oxygens (including phenoxy) is 1. The van der Waals surface area contributed by atoms with Gasteiger partial charge in [-0.15, -0.1) is 5.10 Å². The summed E-state index contributed by atoms with van der Waals surface area (Å²) in [5.41, 5.74) is 2.21. The number of hydrogen-bond acceptors (Lipinski definition) is 5.